The van der Waals surface area contributed by atoms with Crippen LogP contribution in [-0.4, -0.2) is 42.5 Å². The van der Waals surface area contributed by atoms with Crippen molar-refractivity contribution in [1.29, 1.82) is 0 Å². The fourth-order valence-electron chi connectivity index (χ4n) is 3.81. The Morgan fingerprint density at radius 3 is 2.56 bits per heavy atom. The molecule has 1 N–H and O–H groups in total. The van der Waals surface area contributed by atoms with Gasteiger partial charge in [-0.2, -0.15) is 11.8 Å². The number of hydrogen-bond donors (Lipinski definition) is 1. The Morgan fingerprint density at radius 2 is 1.83 bits per heavy atom. The largest absolute Gasteiger partial charge is 0.375 e. The summed E-state index contributed by atoms with van der Waals surface area (Å²) in [5.41, 5.74) is -0.898. The number of thioether (sulfide) groups is 1. The summed E-state index contributed by atoms with van der Waals surface area (Å²) in [7, 11) is 0. The molecule has 0 aromatic heterocycles. The van der Waals surface area contributed by atoms with Crippen molar-refractivity contribution in [3.63, 3.8) is 0 Å². The van der Waals surface area contributed by atoms with E-state index in [1.165, 1.54) is 11.5 Å². The van der Waals surface area contributed by atoms with E-state index in [2.05, 4.69) is 5.32 Å². The standard InChI is InChI=1S/C14H24FNOS/c15-14(2-6-16-7-3-14)12-1-8-17-13(11-12)4-9-18-10-5-13/h12,16H,1-11H2. The molecule has 1 unspecified atom stereocenters. The smallest absolute Gasteiger partial charge is 0.116 e. The van der Waals surface area contributed by atoms with Gasteiger partial charge in [-0.1, -0.05) is 0 Å². The topological polar surface area (TPSA) is 21.3 Å². The van der Waals surface area contributed by atoms with Crippen LogP contribution in [-0.2, 0) is 4.74 Å². The minimum absolute atomic E-state index is 0.0259. The first-order chi connectivity index (χ1) is 8.73. The van der Waals surface area contributed by atoms with E-state index < -0.39 is 5.67 Å². The van der Waals surface area contributed by atoms with Crippen molar-refractivity contribution in [2.75, 3.05) is 31.2 Å². The zero-order valence-corrected chi connectivity index (χ0v) is 11.9. The van der Waals surface area contributed by atoms with Crippen LogP contribution in [0, 0.1) is 5.92 Å². The van der Waals surface area contributed by atoms with E-state index >= 15 is 4.39 Å². The van der Waals surface area contributed by atoms with Crippen molar-refractivity contribution in [3.8, 4) is 0 Å². The van der Waals surface area contributed by atoms with Crippen molar-refractivity contribution in [1.82, 2.24) is 5.32 Å². The molecule has 0 radical (unpaired) electrons. The molecule has 2 nitrogen and oxygen atoms in total. The predicted molar refractivity (Wildman–Crippen MR) is 73.9 cm³/mol. The van der Waals surface area contributed by atoms with Gasteiger partial charge in [-0.15, -0.1) is 0 Å². The third-order valence-corrected chi connectivity index (χ3v) is 6.05. The number of alkyl halides is 1. The summed E-state index contributed by atoms with van der Waals surface area (Å²) in [4.78, 5) is 0. The van der Waals surface area contributed by atoms with Crippen LogP contribution in [0.2, 0.25) is 0 Å². The molecule has 0 saturated carbocycles. The van der Waals surface area contributed by atoms with Crippen LogP contribution in [0.4, 0.5) is 4.39 Å². The maximum absolute atomic E-state index is 15.1. The third kappa shape index (κ3) is 2.56. The lowest BCUT2D eigenvalue weighted by molar-refractivity contribution is -0.133. The molecule has 4 heteroatoms. The fourth-order valence-corrected chi connectivity index (χ4v) is 5.05. The van der Waals surface area contributed by atoms with Gasteiger partial charge >= 0.3 is 0 Å². The van der Waals surface area contributed by atoms with E-state index in [1.54, 1.807) is 0 Å². The van der Waals surface area contributed by atoms with E-state index in [0.29, 0.717) is 12.8 Å². The van der Waals surface area contributed by atoms with Crippen LogP contribution in [0.25, 0.3) is 0 Å². The Hall–Kier alpha value is 0.200. The molecule has 0 amide bonds. The minimum Gasteiger partial charge on any atom is -0.375 e. The molecule has 1 spiro atoms. The molecule has 1 atom stereocenters. The predicted octanol–water partition coefficient (Wildman–Crippen LogP) is 2.77. The quantitative estimate of drug-likeness (QED) is 0.794. The summed E-state index contributed by atoms with van der Waals surface area (Å²) < 4.78 is 21.2. The summed E-state index contributed by atoms with van der Waals surface area (Å²) >= 11 is 2.01. The molecule has 0 aromatic carbocycles. The molecule has 3 fully saturated rings. The molecule has 3 aliphatic heterocycles. The highest BCUT2D eigenvalue weighted by Crippen LogP contribution is 2.46. The Bertz CT molecular complexity index is 269. The van der Waals surface area contributed by atoms with Crippen LogP contribution in [0.1, 0.15) is 38.5 Å². The van der Waals surface area contributed by atoms with Gasteiger partial charge in [0.25, 0.3) is 0 Å². The van der Waals surface area contributed by atoms with Gasteiger partial charge in [0.1, 0.15) is 5.67 Å². The van der Waals surface area contributed by atoms with Gasteiger partial charge in [0, 0.05) is 6.61 Å². The lowest BCUT2D eigenvalue weighted by atomic mass is 9.71. The number of hydrogen-bond acceptors (Lipinski definition) is 3. The average Bonchev–Trinajstić information content (AvgIpc) is 2.41. The number of halogens is 1. The van der Waals surface area contributed by atoms with Crippen LogP contribution >= 0.6 is 11.8 Å². The molecule has 18 heavy (non-hydrogen) atoms. The Kier molecular flexibility index (Phi) is 3.88. The van der Waals surface area contributed by atoms with E-state index in [1.807, 2.05) is 11.8 Å². The van der Waals surface area contributed by atoms with Crippen molar-refractivity contribution in [2.24, 2.45) is 5.92 Å². The minimum atomic E-state index is -0.924. The monoisotopic (exact) mass is 273 g/mol. The second kappa shape index (κ2) is 5.29. The molecule has 0 aromatic rings. The molecule has 3 heterocycles. The van der Waals surface area contributed by atoms with E-state index in [0.717, 1.165) is 45.4 Å². The molecule has 3 rings (SSSR count). The summed E-state index contributed by atoms with van der Waals surface area (Å²) in [6, 6.07) is 0. The van der Waals surface area contributed by atoms with Gasteiger partial charge in [0.2, 0.25) is 0 Å². The van der Waals surface area contributed by atoms with E-state index in [4.69, 9.17) is 4.74 Å². The van der Waals surface area contributed by atoms with Crippen LogP contribution in [0.15, 0.2) is 0 Å². The first-order valence-corrected chi connectivity index (χ1v) is 8.49. The van der Waals surface area contributed by atoms with Gasteiger partial charge < -0.3 is 10.1 Å². The summed E-state index contributed by atoms with van der Waals surface area (Å²) in [6.07, 6.45) is 5.53. The highest BCUT2D eigenvalue weighted by atomic mass is 32.2. The summed E-state index contributed by atoms with van der Waals surface area (Å²) in [5, 5.41) is 3.28. The number of piperidine rings is 1. The fraction of sp³-hybridized carbons (Fsp3) is 1.00. The maximum Gasteiger partial charge on any atom is 0.116 e. The molecule has 3 saturated heterocycles. The van der Waals surface area contributed by atoms with Crippen LogP contribution in [0.5, 0.6) is 0 Å². The van der Waals surface area contributed by atoms with Gasteiger partial charge in [-0.25, -0.2) is 4.39 Å². The molecular formula is C14H24FNOS. The van der Waals surface area contributed by atoms with Gasteiger partial charge in [-0.05, 0) is 69.0 Å². The van der Waals surface area contributed by atoms with Crippen molar-refractivity contribution in [3.05, 3.63) is 0 Å². The van der Waals surface area contributed by atoms with Gasteiger partial charge in [0.05, 0.1) is 5.60 Å². The zero-order chi connectivity index (χ0) is 12.5. The first-order valence-electron chi connectivity index (χ1n) is 7.34. The Balaban J connectivity index is 1.69. The highest BCUT2D eigenvalue weighted by molar-refractivity contribution is 7.99. The summed E-state index contributed by atoms with van der Waals surface area (Å²) in [6.45, 7) is 2.46. The normalized spacial score (nSPS) is 35.5. The van der Waals surface area contributed by atoms with E-state index in [9.17, 15) is 0 Å². The zero-order valence-electron chi connectivity index (χ0n) is 11.0. The SMILES string of the molecule is FC1(C2CCOC3(CCSCC3)C2)CCNCC1. The number of nitrogens with one attached hydrogen (secondary N) is 1. The van der Waals surface area contributed by atoms with Gasteiger partial charge in [0.15, 0.2) is 0 Å². The van der Waals surface area contributed by atoms with Crippen LogP contribution < -0.4 is 5.32 Å². The van der Waals surface area contributed by atoms with Crippen molar-refractivity contribution < 1.29 is 9.13 Å². The molecule has 3 aliphatic rings. The molecule has 104 valence electrons. The maximum atomic E-state index is 15.1. The van der Waals surface area contributed by atoms with Crippen LogP contribution in [0.3, 0.4) is 0 Å². The lowest BCUT2D eigenvalue weighted by Gasteiger charge is -2.48. The Labute approximate surface area is 113 Å². The van der Waals surface area contributed by atoms with Crippen molar-refractivity contribution >= 4 is 11.8 Å². The third-order valence-electron chi connectivity index (χ3n) is 5.06. The van der Waals surface area contributed by atoms with Crippen molar-refractivity contribution in [2.45, 2.75) is 49.8 Å². The first kappa shape index (κ1) is 13.2. The lowest BCUT2D eigenvalue weighted by Crippen LogP contribution is -2.51. The van der Waals surface area contributed by atoms with Gasteiger partial charge in [-0.3, -0.25) is 0 Å². The number of rotatable bonds is 1. The average molecular weight is 273 g/mol. The number of ether oxygens (including phenoxy) is 1. The second-order valence-corrected chi connectivity index (χ2v) is 7.34. The Morgan fingerprint density at radius 1 is 1.11 bits per heavy atom. The summed E-state index contributed by atoms with van der Waals surface area (Å²) in [5.74, 6) is 2.61. The molecule has 0 bridgehead atoms. The highest BCUT2D eigenvalue weighted by Gasteiger charge is 2.47. The molecular weight excluding hydrogens is 249 g/mol. The molecule has 0 aliphatic carbocycles. The van der Waals surface area contributed by atoms with E-state index in [-0.39, 0.29) is 11.5 Å². The second-order valence-electron chi connectivity index (χ2n) is 6.12.